The van der Waals surface area contributed by atoms with E-state index in [1.165, 1.54) is 0 Å². The molecule has 0 bridgehead atoms. The van der Waals surface area contributed by atoms with Gasteiger partial charge in [0.15, 0.2) is 0 Å². The standard InChI is InChI=1S/C11H21N3O.C10H19N3O.C9H16N2O2.C2H7N.C2H6/c1-12(2)11(15)9-6-10-8-13(3)4-5-14(10)7-9;1-12(2)10(14)8-5-9-6-11-3-4-13(9)7-8;1-10-2-3-11-5-7(9(12)13)4-8(11)6-10;1-3-2;1-2/h9-10H,4-8H2,1-3H3;8-9,11H,3-7H2,1-2H3;7-8H,2-6H2,1H3,(H,12,13);3H,1-2H3;1-2H3. The largest absolute Gasteiger partial charge is 0.481 e. The van der Waals surface area contributed by atoms with E-state index in [0.29, 0.717) is 29.9 Å². The fraction of sp³-hybridized carbons (Fsp3) is 0.912. The van der Waals surface area contributed by atoms with E-state index in [0.717, 1.165) is 97.8 Å². The van der Waals surface area contributed by atoms with Crippen LogP contribution in [0.5, 0.6) is 0 Å². The predicted octanol–water partition coefficient (Wildman–Crippen LogP) is -0.352. The number of rotatable bonds is 3. The Balaban J connectivity index is 0.000000229. The molecule has 6 atom stereocenters. The minimum absolute atomic E-state index is 0.128. The molecular formula is C34H69N9O4. The smallest absolute Gasteiger partial charge is 0.307 e. The van der Waals surface area contributed by atoms with E-state index in [-0.39, 0.29) is 17.8 Å². The predicted molar refractivity (Wildman–Crippen MR) is 190 cm³/mol. The zero-order valence-corrected chi connectivity index (χ0v) is 31.4. The molecular weight excluding hydrogens is 598 g/mol. The Bertz CT molecular complexity index is 941. The summed E-state index contributed by atoms with van der Waals surface area (Å²) >= 11 is 0. The number of hydrogen-bond donors (Lipinski definition) is 3. The summed E-state index contributed by atoms with van der Waals surface area (Å²) < 4.78 is 0. The lowest BCUT2D eigenvalue weighted by molar-refractivity contribution is -0.141. The molecule has 13 heteroatoms. The number of nitrogens with zero attached hydrogens (tertiary/aromatic N) is 7. The molecule has 3 N–H and O–H groups in total. The van der Waals surface area contributed by atoms with Crippen molar-refractivity contribution < 1.29 is 19.5 Å². The average molecular weight is 668 g/mol. The van der Waals surface area contributed by atoms with Crippen molar-refractivity contribution in [3.63, 3.8) is 0 Å². The lowest BCUT2D eigenvalue weighted by Crippen LogP contribution is -2.48. The molecule has 274 valence electrons. The Hall–Kier alpha value is -1.87. The van der Waals surface area contributed by atoms with E-state index >= 15 is 0 Å². The molecule has 6 aliphatic heterocycles. The Morgan fingerprint density at radius 3 is 1.43 bits per heavy atom. The van der Waals surface area contributed by atoms with Crippen LogP contribution >= 0.6 is 0 Å². The molecule has 0 aliphatic carbocycles. The summed E-state index contributed by atoms with van der Waals surface area (Å²) in [5.41, 5.74) is 0. The molecule has 6 fully saturated rings. The second-order valence-electron chi connectivity index (χ2n) is 14.3. The van der Waals surface area contributed by atoms with Crippen LogP contribution in [0.4, 0.5) is 0 Å². The number of carboxylic acid groups (broad SMARTS) is 1. The van der Waals surface area contributed by atoms with E-state index in [1.54, 1.807) is 9.80 Å². The monoisotopic (exact) mass is 668 g/mol. The third-order valence-electron chi connectivity index (χ3n) is 10.1. The van der Waals surface area contributed by atoms with Crippen LogP contribution in [0.1, 0.15) is 33.1 Å². The third kappa shape index (κ3) is 12.5. The Kier molecular flexibility index (Phi) is 18.1. The van der Waals surface area contributed by atoms with Gasteiger partial charge in [0.25, 0.3) is 0 Å². The Labute approximate surface area is 285 Å². The Morgan fingerprint density at radius 2 is 1.02 bits per heavy atom. The summed E-state index contributed by atoms with van der Waals surface area (Å²) in [5.74, 6) is 0.298. The van der Waals surface area contributed by atoms with Gasteiger partial charge in [-0.15, -0.1) is 0 Å². The minimum Gasteiger partial charge on any atom is -0.481 e. The summed E-state index contributed by atoms with van der Waals surface area (Å²) in [4.78, 5) is 49.7. The van der Waals surface area contributed by atoms with Crippen LogP contribution in [0.3, 0.4) is 0 Å². The lowest BCUT2D eigenvalue weighted by atomic mass is 10.0. The van der Waals surface area contributed by atoms with E-state index in [9.17, 15) is 14.4 Å². The first kappa shape index (κ1) is 41.3. The zero-order valence-electron chi connectivity index (χ0n) is 31.4. The second kappa shape index (κ2) is 20.6. The maximum Gasteiger partial charge on any atom is 0.307 e. The molecule has 13 nitrogen and oxygen atoms in total. The van der Waals surface area contributed by atoms with Crippen LogP contribution < -0.4 is 10.6 Å². The van der Waals surface area contributed by atoms with Crippen molar-refractivity contribution in [2.75, 3.05) is 135 Å². The van der Waals surface area contributed by atoms with Crippen LogP contribution in [0.25, 0.3) is 0 Å². The zero-order chi connectivity index (χ0) is 35.3. The van der Waals surface area contributed by atoms with Crippen molar-refractivity contribution in [1.82, 2.24) is 44.9 Å². The van der Waals surface area contributed by atoms with Gasteiger partial charge < -0.3 is 35.3 Å². The van der Waals surface area contributed by atoms with Crippen molar-refractivity contribution in [3.8, 4) is 0 Å². The van der Waals surface area contributed by atoms with Gasteiger partial charge >= 0.3 is 5.97 Å². The summed E-state index contributed by atoms with van der Waals surface area (Å²) in [6.45, 7) is 16.4. The molecule has 6 unspecified atom stereocenters. The number of piperazine rings is 3. The van der Waals surface area contributed by atoms with Crippen LogP contribution in [0.15, 0.2) is 0 Å². The molecule has 47 heavy (non-hydrogen) atoms. The van der Waals surface area contributed by atoms with Crippen LogP contribution in [0.2, 0.25) is 0 Å². The van der Waals surface area contributed by atoms with Crippen LogP contribution in [-0.4, -0.2) is 210 Å². The molecule has 0 radical (unpaired) electrons. The molecule has 6 heterocycles. The Morgan fingerprint density at radius 1 is 0.638 bits per heavy atom. The topological polar surface area (TPSA) is 118 Å². The van der Waals surface area contributed by atoms with Gasteiger partial charge in [0.05, 0.1) is 17.8 Å². The highest BCUT2D eigenvalue weighted by molar-refractivity contribution is 5.79. The number of hydrogen-bond acceptors (Lipinski definition) is 10. The third-order valence-corrected chi connectivity index (χ3v) is 10.1. The van der Waals surface area contributed by atoms with Crippen LogP contribution in [-0.2, 0) is 14.4 Å². The van der Waals surface area contributed by atoms with Gasteiger partial charge in [-0.3, -0.25) is 29.1 Å². The SMILES string of the molecule is CC.CN(C)C(=O)C1CC2CNCCN2C1.CN1CCN2CC(C(=O)N(C)C)CC2C1.CN1CCN2CC(C(=O)O)CC2C1.CNC. The number of fused-ring (bicyclic) bond motifs is 3. The lowest BCUT2D eigenvalue weighted by Gasteiger charge is -2.35. The van der Waals surface area contributed by atoms with Crippen molar-refractivity contribution >= 4 is 17.8 Å². The summed E-state index contributed by atoms with van der Waals surface area (Å²) in [6.07, 6.45) is 2.91. The number of carboxylic acids is 1. The van der Waals surface area contributed by atoms with Crippen molar-refractivity contribution in [2.45, 2.75) is 51.2 Å². The molecule has 0 saturated carbocycles. The average Bonchev–Trinajstić information content (AvgIpc) is 3.78. The van der Waals surface area contributed by atoms with Crippen molar-refractivity contribution in [3.05, 3.63) is 0 Å². The first-order valence-electron chi connectivity index (χ1n) is 17.9. The quantitative estimate of drug-likeness (QED) is 0.367. The normalized spacial score (nSPS) is 30.7. The molecule has 2 amide bonds. The van der Waals surface area contributed by atoms with Gasteiger partial charge in [-0.1, -0.05) is 13.8 Å². The van der Waals surface area contributed by atoms with Gasteiger partial charge in [0.2, 0.25) is 11.8 Å². The molecule has 0 aromatic carbocycles. The number of amides is 2. The molecule has 0 aromatic heterocycles. The number of carbonyl (C=O) groups excluding carboxylic acids is 2. The van der Waals surface area contributed by atoms with E-state index in [4.69, 9.17) is 5.11 Å². The molecule has 0 aromatic rings. The molecule has 6 rings (SSSR count). The van der Waals surface area contributed by atoms with Crippen LogP contribution in [0, 0.1) is 17.8 Å². The maximum atomic E-state index is 11.9. The minimum atomic E-state index is -0.628. The number of likely N-dealkylation sites (N-methyl/N-ethyl adjacent to an activating group) is 2. The van der Waals surface area contributed by atoms with Crippen molar-refractivity contribution in [2.24, 2.45) is 17.8 Å². The van der Waals surface area contributed by atoms with Crippen molar-refractivity contribution in [1.29, 1.82) is 0 Å². The number of carbonyl (C=O) groups is 3. The van der Waals surface area contributed by atoms with Gasteiger partial charge in [-0.2, -0.15) is 0 Å². The summed E-state index contributed by atoms with van der Waals surface area (Å²) in [7, 11) is 15.4. The number of aliphatic carboxylic acids is 1. The van der Waals surface area contributed by atoms with E-state index < -0.39 is 5.97 Å². The molecule has 6 aliphatic rings. The van der Waals surface area contributed by atoms with E-state index in [1.807, 2.05) is 56.1 Å². The highest BCUT2D eigenvalue weighted by Gasteiger charge is 2.40. The number of nitrogens with one attached hydrogen (secondary N) is 2. The first-order valence-corrected chi connectivity index (χ1v) is 17.9. The van der Waals surface area contributed by atoms with Gasteiger partial charge in [0, 0.05) is 125 Å². The van der Waals surface area contributed by atoms with Gasteiger partial charge in [0.1, 0.15) is 0 Å². The van der Waals surface area contributed by atoms with Gasteiger partial charge in [-0.25, -0.2) is 0 Å². The fourth-order valence-electron chi connectivity index (χ4n) is 7.63. The molecule has 0 spiro atoms. The summed E-state index contributed by atoms with van der Waals surface area (Å²) in [6, 6.07) is 1.69. The highest BCUT2D eigenvalue weighted by Crippen LogP contribution is 2.28. The van der Waals surface area contributed by atoms with Gasteiger partial charge in [-0.05, 0) is 47.5 Å². The maximum absolute atomic E-state index is 11.9. The highest BCUT2D eigenvalue weighted by atomic mass is 16.4. The fourth-order valence-corrected chi connectivity index (χ4v) is 7.63. The summed E-state index contributed by atoms with van der Waals surface area (Å²) in [5, 5.41) is 15.0. The second-order valence-corrected chi connectivity index (χ2v) is 14.3. The first-order chi connectivity index (χ1) is 22.3. The van der Waals surface area contributed by atoms with E-state index in [2.05, 4.69) is 49.2 Å². The molecule has 6 saturated heterocycles.